The highest BCUT2D eigenvalue weighted by Gasteiger charge is 2.36. The lowest BCUT2D eigenvalue weighted by atomic mass is 10.0. The number of rotatable bonds is 10. The van der Waals surface area contributed by atoms with Gasteiger partial charge in [0.05, 0.1) is 0 Å². The van der Waals surface area contributed by atoms with E-state index in [0.29, 0.717) is 5.41 Å². The fourth-order valence-electron chi connectivity index (χ4n) is 2.70. The second-order valence-electron chi connectivity index (χ2n) is 6.57. The molecular formula is C19H30. The van der Waals surface area contributed by atoms with Gasteiger partial charge >= 0.3 is 0 Å². The van der Waals surface area contributed by atoms with Gasteiger partial charge in [0.25, 0.3) is 0 Å². The Kier molecular flexibility index (Phi) is 5.48. The minimum Gasteiger partial charge on any atom is -0.102 e. The molecule has 2 rings (SSSR count). The van der Waals surface area contributed by atoms with Crippen molar-refractivity contribution in [3.63, 3.8) is 0 Å². The molecule has 0 amide bonds. The first-order chi connectivity index (χ1) is 9.26. The van der Waals surface area contributed by atoms with Crippen LogP contribution in [0.2, 0.25) is 0 Å². The van der Waals surface area contributed by atoms with Crippen molar-refractivity contribution in [2.75, 3.05) is 0 Å². The zero-order valence-corrected chi connectivity index (χ0v) is 12.7. The number of unbranched alkanes of at least 4 members (excludes halogenated alkanes) is 6. The molecule has 0 heteroatoms. The van der Waals surface area contributed by atoms with E-state index in [4.69, 9.17) is 0 Å². The molecule has 0 aromatic carbocycles. The zero-order chi connectivity index (χ0) is 13.6. The van der Waals surface area contributed by atoms with Crippen molar-refractivity contribution in [2.45, 2.75) is 71.1 Å². The summed E-state index contributed by atoms with van der Waals surface area (Å²) in [5, 5.41) is 0. The summed E-state index contributed by atoms with van der Waals surface area (Å²) >= 11 is 0. The van der Waals surface area contributed by atoms with E-state index in [2.05, 4.69) is 37.8 Å². The largest absolute Gasteiger partial charge is 0.102 e. The Morgan fingerprint density at radius 2 is 1.74 bits per heavy atom. The van der Waals surface area contributed by atoms with Crippen LogP contribution in [0.5, 0.6) is 0 Å². The molecule has 19 heavy (non-hydrogen) atoms. The molecular weight excluding hydrogens is 228 g/mol. The molecule has 0 nitrogen and oxygen atoms in total. The summed E-state index contributed by atoms with van der Waals surface area (Å²) in [6, 6.07) is 0. The van der Waals surface area contributed by atoms with Crippen molar-refractivity contribution in [1.29, 1.82) is 0 Å². The quantitative estimate of drug-likeness (QED) is 0.323. The summed E-state index contributed by atoms with van der Waals surface area (Å²) in [5.74, 6) is 0.914. The molecule has 1 unspecified atom stereocenters. The van der Waals surface area contributed by atoms with Crippen LogP contribution in [0.25, 0.3) is 0 Å². The molecule has 0 saturated heterocycles. The fraction of sp³-hybridized carbons (Fsp3) is 0.684. The Morgan fingerprint density at radius 1 is 1.11 bits per heavy atom. The topological polar surface area (TPSA) is 0 Å². The van der Waals surface area contributed by atoms with Crippen molar-refractivity contribution in [3.05, 3.63) is 36.5 Å². The van der Waals surface area contributed by atoms with Crippen LogP contribution in [0.1, 0.15) is 71.1 Å². The van der Waals surface area contributed by atoms with Crippen molar-refractivity contribution >= 4 is 0 Å². The summed E-state index contributed by atoms with van der Waals surface area (Å²) in [4.78, 5) is 0. The SMILES string of the molecule is C=CC1(C=CCCCCCCCC=C2CC2C)CC1. The van der Waals surface area contributed by atoms with Crippen molar-refractivity contribution < 1.29 is 0 Å². The van der Waals surface area contributed by atoms with Crippen LogP contribution in [0, 0.1) is 11.3 Å². The van der Waals surface area contributed by atoms with Gasteiger partial charge in [-0.3, -0.25) is 0 Å². The third kappa shape index (κ3) is 5.38. The summed E-state index contributed by atoms with van der Waals surface area (Å²) in [6.07, 6.45) is 23.0. The molecule has 0 radical (unpaired) electrons. The van der Waals surface area contributed by atoms with Crippen LogP contribution in [-0.4, -0.2) is 0 Å². The maximum absolute atomic E-state index is 3.92. The minimum atomic E-state index is 0.410. The highest BCUT2D eigenvalue weighted by Crippen LogP contribution is 2.48. The van der Waals surface area contributed by atoms with Crippen molar-refractivity contribution in [2.24, 2.45) is 11.3 Å². The maximum atomic E-state index is 3.92. The Labute approximate surface area is 119 Å². The van der Waals surface area contributed by atoms with E-state index >= 15 is 0 Å². The van der Waals surface area contributed by atoms with Gasteiger partial charge in [0.1, 0.15) is 0 Å². The van der Waals surface area contributed by atoms with E-state index in [1.165, 1.54) is 64.2 Å². The molecule has 0 aromatic heterocycles. The lowest BCUT2D eigenvalue weighted by molar-refractivity contribution is 0.620. The minimum absolute atomic E-state index is 0.410. The van der Waals surface area contributed by atoms with E-state index < -0.39 is 0 Å². The standard InChI is InChI=1S/C19H30/c1-3-19(14-15-19)13-11-9-7-5-4-6-8-10-12-18-16-17(18)2/h3,11-13,17H,1,4-10,14-16H2,2H3. The normalized spacial score (nSPS) is 25.9. The Hall–Kier alpha value is -0.780. The van der Waals surface area contributed by atoms with Gasteiger partial charge in [0, 0.05) is 5.41 Å². The number of hydrogen-bond donors (Lipinski definition) is 0. The van der Waals surface area contributed by atoms with Crippen molar-refractivity contribution in [1.82, 2.24) is 0 Å². The van der Waals surface area contributed by atoms with Gasteiger partial charge in [-0.2, -0.15) is 0 Å². The van der Waals surface area contributed by atoms with Gasteiger partial charge in [-0.15, -0.1) is 6.58 Å². The van der Waals surface area contributed by atoms with E-state index in [-0.39, 0.29) is 0 Å². The Bertz CT molecular complexity index is 341. The molecule has 2 aliphatic carbocycles. The predicted molar refractivity (Wildman–Crippen MR) is 85.2 cm³/mol. The fourth-order valence-corrected chi connectivity index (χ4v) is 2.70. The summed E-state index contributed by atoms with van der Waals surface area (Å²) in [7, 11) is 0. The molecule has 106 valence electrons. The number of allylic oxidation sites excluding steroid dienone is 5. The van der Waals surface area contributed by atoms with E-state index in [0.717, 1.165) is 5.92 Å². The smallest absolute Gasteiger partial charge is 0.00591 e. The van der Waals surface area contributed by atoms with Crippen LogP contribution >= 0.6 is 0 Å². The highest BCUT2D eigenvalue weighted by atomic mass is 14.4. The van der Waals surface area contributed by atoms with E-state index in [1.807, 2.05) is 0 Å². The van der Waals surface area contributed by atoms with E-state index in [9.17, 15) is 0 Å². The monoisotopic (exact) mass is 258 g/mol. The second-order valence-corrected chi connectivity index (χ2v) is 6.57. The van der Waals surface area contributed by atoms with Gasteiger partial charge in [0.2, 0.25) is 0 Å². The third-order valence-electron chi connectivity index (χ3n) is 4.68. The second kappa shape index (κ2) is 7.12. The van der Waals surface area contributed by atoms with Gasteiger partial charge < -0.3 is 0 Å². The third-order valence-corrected chi connectivity index (χ3v) is 4.68. The first-order valence-corrected chi connectivity index (χ1v) is 8.26. The van der Waals surface area contributed by atoms with E-state index in [1.54, 1.807) is 5.57 Å². The van der Waals surface area contributed by atoms with Crippen LogP contribution in [0.4, 0.5) is 0 Å². The molecule has 0 bridgehead atoms. The zero-order valence-electron chi connectivity index (χ0n) is 12.7. The lowest BCUT2D eigenvalue weighted by Crippen LogP contribution is -1.86. The Balaban J connectivity index is 1.37. The van der Waals surface area contributed by atoms with Crippen molar-refractivity contribution in [3.8, 4) is 0 Å². The first kappa shape index (κ1) is 14.6. The Morgan fingerprint density at radius 3 is 2.32 bits per heavy atom. The van der Waals surface area contributed by atoms with Crippen LogP contribution in [-0.2, 0) is 0 Å². The van der Waals surface area contributed by atoms with Crippen LogP contribution in [0.3, 0.4) is 0 Å². The highest BCUT2D eigenvalue weighted by molar-refractivity contribution is 5.21. The number of hydrogen-bond acceptors (Lipinski definition) is 0. The molecule has 2 aliphatic rings. The molecule has 0 aromatic rings. The van der Waals surface area contributed by atoms with Gasteiger partial charge in [-0.1, -0.05) is 56.1 Å². The summed E-state index contributed by atoms with van der Waals surface area (Å²) in [5.41, 5.74) is 2.12. The van der Waals surface area contributed by atoms with Crippen LogP contribution < -0.4 is 0 Å². The van der Waals surface area contributed by atoms with Gasteiger partial charge in [-0.05, 0) is 50.9 Å². The average molecular weight is 258 g/mol. The maximum Gasteiger partial charge on any atom is 0.00591 e. The molecule has 0 N–H and O–H groups in total. The van der Waals surface area contributed by atoms with Gasteiger partial charge in [-0.25, -0.2) is 0 Å². The average Bonchev–Trinajstić information content (AvgIpc) is 3.31. The molecule has 2 saturated carbocycles. The summed E-state index contributed by atoms with van der Waals surface area (Å²) in [6.45, 7) is 6.25. The molecule has 1 atom stereocenters. The summed E-state index contributed by atoms with van der Waals surface area (Å²) < 4.78 is 0. The first-order valence-electron chi connectivity index (χ1n) is 8.26. The van der Waals surface area contributed by atoms with Crippen LogP contribution in [0.15, 0.2) is 36.5 Å². The molecule has 0 heterocycles. The lowest BCUT2D eigenvalue weighted by Gasteiger charge is -2.01. The molecule has 0 aliphatic heterocycles. The molecule has 2 fully saturated rings. The molecule has 0 spiro atoms. The van der Waals surface area contributed by atoms with Gasteiger partial charge in [0.15, 0.2) is 0 Å². The predicted octanol–water partition coefficient (Wildman–Crippen LogP) is 6.21.